The van der Waals surface area contributed by atoms with Gasteiger partial charge in [0.25, 0.3) is 0 Å². The van der Waals surface area contributed by atoms with Crippen molar-refractivity contribution in [3.63, 3.8) is 0 Å². The summed E-state index contributed by atoms with van der Waals surface area (Å²) in [6.07, 6.45) is 2.49. The van der Waals surface area contributed by atoms with Crippen LogP contribution in [0.1, 0.15) is 23.6 Å². The molecule has 2 aromatic rings. The largest absolute Gasteiger partial charge is 0.454 e. The second kappa shape index (κ2) is 6.92. The third-order valence-electron chi connectivity index (χ3n) is 4.49. The van der Waals surface area contributed by atoms with Crippen molar-refractivity contribution >= 4 is 31.4 Å². The van der Waals surface area contributed by atoms with E-state index in [2.05, 4.69) is 9.82 Å². The van der Waals surface area contributed by atoms with E-state index < -0.39 is 26.1 Å². The molecular formula is C18H19N3O6S2. The predicted molar refractivity (Wildman–Crippen MR) is 108 cm³/mol. The van der Waals surface area contributed by atoms with E-state index in [9.17, 15) is 16.8 Å². The maximum absolute atomic E-state index is 12.4. The molecule has 0 aromatic heterocycles. The summed E-state index contributed by atoms with van der Waals surface area (Å²) in [5.41, 5.74) is 2.28. The number of nitrogens with zero attached hydrogens (tertiary/aromatic N) is 2. The summed E-state index contributed by atoms with van der Waals surface area (Å²) in [6.45, 7) is 0.126. The molecule has 0 saturated carbocycles. The summed E-state index contributed by atoms with van der Waals surface area (Å²) in [5.74, 6) is 1.17. The van der Waals surface area contributed by atoms with E-state index in [-0.39, 0.29) is 6.79 Å². The number of hydrogen-bond acceptors (Lipinski definition) is 7. The highest BCUT2D eigenvalue weighted by Gasteiger charge is 2.35. The van der Waals surface area contributed by atoms with Crippen LogP contribution in [0, 0.1) is 0 Å². The number of nitrogens with one attached hydrogen (secondary N) is 1. The van der Waals surface area contributed by atoms with Gasteiger partial charge in [0, 0.05) is 12.1 Å². The van der Waals surface area contributed by atoms with Crippen LogP contribution in [0.4, 0.5) is 5.69 Å². The van der Waals surface area contributed by atoms with Crippen molar-refractivity contribution in [2.75, 3.05) is 24.0 Å². The van der Waals surface area contributed by atoms with Gasteiger partial charge < -0.3 is 9.47 Å². The van der Waals surface area contributed by atoms with E-state index in [4.69, 9.17) is 9.47 Å². The minimum atomic E-state index is -3.63. The van der Waals surface area contributed by atoms with Crippen molar-refractivity contribution in [3.05, 3.63) is 53.6 Å². The van der Waals surface area contributed by atoms with E-state index >= 15 is 0 Å². The van der Waals surface area contributed by atoms with E-state index in [1.807, 2.05) is 0 Å². The summed E-state index contributed by atoms with van der Waals surface area (Å²) in [5, 5.41) is 4.33. The molecule has 0 unspecified atom stereocenters. The van der Waals surface area contributed by atoms with E-state index in [0.29, 0.717) is 34.9 Å². The fourth-order valence-corrected chi connectivity index (χ4v) is 4.77. The van der Waals surface area contributed by atoms with Gasteiger partial charge in [-0.25, -0.2) is 16.8 Å². The number of rotatable bonds is 5. The number of hydrogen-bond donors (Lipinski definition) is 1. The van der Waals surface area contributed by atoms with E-state index in [0.717, 1.165) is 22.5 Å². The normalized spacial score (nSPS) is 18.6. The van der Waals surface area contributed by atoms with Crippen LogP contribution in [0.5, 0.6) is 11.5 Å². The lowest BCUT2D eigenvalue weighted by molar-refractivity contribution is 0.174. The van der Waals surface area contributed by atoms with Crippen molar-refractivity contribution in [1.82, 2.24) is 4.41 Å². The van der Waals surface area contributed by atoms with Gasteiger partial charge in [0.15, 0.2) is 11.5 Å². The first kappa shape index (κ1) is 19.5. The third kappa shape index (κ3) is 4.15. The lowest BCUT2D eigenvalue weighted by atomic mass is 9.98. The SMILES string of the molecule is CS(=O)(=O)Nc1cccc(C2=NN(S(C)(=O)=O)[C@H](c3ccc4c(c3)OCO4)C2)c1. The van der Waals surface area contributed by atoms with Gasteiger partial charge in [-0.15, -0.1) is 0 Å². The van der Waals surface area contributed by atoms with Crippen molar-refractivity contribution in [2.45, 2.75) is 12.5 Å². The Labute approximate surface area is 169 Å². The first-order valence-electron chi connectivity index (χ1n) is 8.65. The summed E-state index contributed by atoms with van der Waals surface area (Å²) in [6, 6.07) is 11.4. The van der Waals surface area contributed by atoms with Crippen LogP contribution >= 0.6 is 0 Å². The van der Waals surface area contributed by atoms with Crippen molar-refractivity contribution in [1.29, 1.82) is 0 Å². The maximum atomic E-state index is 12.4. The molecule has 9 nitrogen and oxygen atoms in total. The first-order valence-corrected chi connectivity index (χ1v) is 12.4. The molecule has 29 heavy (non-hydrogen) atoms. The van der Waals surface area contributed by atoms with Crippen LogP contribution in [0.2, 0.25) is 0 Å². The molecule has 1 N–H and O–H groups in total. The van der Waals surface area contributed by atoms with Gasteiger partial charge in [-0.3, -0.25) is 4.72 Å². The Balaban J connectivity index is 1.69. The fourth-order valence-electron chi connectivity index (χ4n) is 3.31. The Morgan fingerprint density at radius 2 is 1.79 bits per heavy atom. The first-order chi connectivity index (χ1) is 13.6. The van der Waals surface area contributed by atoms with Crippen LogP contribution < -0.4 is 14.2 Å². The highest BCUT2D eigenvalue weighted by Crippen LogP contribution is 2.40. The van der Waals surface area contributed by atoms with Crippen LogP contribution in [0.15, 0.2) is 47.6 Å². The summed E-state index contributed by atoms with van der Waals surface area (Å²) >= 11 is 0. The van der Waals surface area contributed by atoms with Crippen molar-refractivity contribution in [2.24, 2.45) is 5.10 Å². The zero-order valence-electron chi connectivity index (χ0n) is 15.7. The number of anilines is 1. The molecule has 0 saturated heterocycles. The molecule has 11 heteroatoms. The molecule has 0 aliphatic carbocycles. The standard InChI is InChI=1S/C18H19N3O6S2/c1-28(22,23)20-14-5-3-4-12(8-14)15-10-16(21(19-15)29(2,24)25)13-6-7-17-18(9-13)27-11-26-17/h3-9,16,20H,10-11H2,1-2H3/t16-/m0/s1. The molecule has 2 aliphatic heterocycles. The number of sulfonamides is 2. The van der Waals surface area contributed by atoms with Gasteiger partial charge in [-0.1, -0.05) is 18.2 Å². The molecule has 154 valence electrons. The van der Waals surface area contributed by atoms with E-state index in [1.165, 1.54) is 0 Å². The van der Waals surface area contributed by atoms with Gasteiger partial charge in [-0.05, 0) is 35.4 Å². The van der Waals surface area contributed by atoms with Gasteiger partial charge in [0.05, 0.1) is 24.3 Å². The highest BCUT2D eigenvalue weighted by atomic mass is 32.2. The van der Waals surface area contributed by atoms with Crippen LogP contribution in [-0.4, -0.2) is 46.3 Å². The Morgan fingerprint density at radius 1 is 1.03 bits per heavy atom. The van der Waals surface area contributed by atoms with Crippen molar-refractivity contribution in [3.8, 4) is 11.5 Å². The average molecular weight is 437 g/mol. The Hall–Kier alpha value is -2.79. The van der Waals surface area contributed by atoms with Crippen LogP contribution in [0.25, 0.3) is 0 Å². The summed E-state index contributed by atoms with van der Waals surface area (Å²) in [4.78, 5) is 0. The highest BCUT2D eigenvalue weighted by molar-refractivity contribution is 7.92. The molecule has 1 atom stereocenters. The molecule has 2 aromatic carbocycles. The smallest absolute Gasteiger partial charge is 0.247 e. The maximum Gasteiger partial charge on any atom is 0.247 e. The lowest BCUT2D eigenvalue weighted by Gasteiger charge is -2.21. The molecule has 0 spiro atoms. The van der Waals surface area contributed by atoms with E-state index in [1.54, 1.807) is 42.5 Å². The minimum Gasteiger partial charge on any atom is -0.454 e. The average Bonchev–Trinajstić information content (AvgIpc) is 3.26. The summed E-state index contributed by atoms with van der Waals surface area (Å²) < 4.78 is 61.9. The minimum absolute atomic E-state index is 0.126. The molecule has 2 heterocycles. The number of benzene rings is 2. The second-order valence-corrected chi connectivity index (χ2v) is 10.5. The molecule has 2 aliphatic rings. The monoisotopic (exact) mass is 437 g/mol. The van der Waals surface area contributed by atoms with Gasteiger partial charge >= 0.3 is 0 Å². The zero-order chi connectivity index (χ0) is 20.8. The molecule has 0 radical (unpaired) electrons. The number of hydrazone groups is 1. The van der Waals surface area contributed by atoms with Crippen LogP contribution in [-0.2, 0) is 20.0 Å². The lowest BCUT2D eigenvalue weighted by Crippen LogP contribution is -2.25. The Morgan fingerprint density at radius 3 is 2.52 bits per heavy atom. The molecule has 4 rings (SSSR count). The predicted octanol–water partition coefficient (Wildman–Crippen LogP) is 1.90. The van der Waals surface area contributed by atoms with Crippen molar-refractivity contribution < 1.29 is 26.3 Å². The Bertz CT molecular complexity index is 1210. The molecule has 0 amide bonds. The fraction of sp³-hybridized carbons (Fsp3) is 0.278. The quantitative estimate of drug-likeness (QED) is 0.764. The Kier molecular flexibility index (Phi) is 4.66. The number of ether oxygens (including phenoxy) is 2. The molecule has 0 fully saturated rings. The molecule has 0 bridgehead atoms. The van der Waals surface area contributed by atoms with Gasteiger partial charge in [0.2, 0.25) is 26.8 Å². The topological polar surface area (TPSA) is 114 Å². The third-order valence-corrected chi connectivity index (χ3v) is 6.12. The van der Waals surface area contributed by atoms with Gasteiger partial charge in [-0.2, -0.15) is 9.52 Å². The molecular weight excluding hydrogens is 418 g/mol. The zero-order valence-corrected chi connectivity index (χ0v) is 17.3. The second-order valence-electron chi connectivity index (χ2n) is 6.87. The summed E-state index contributed by atoms with van der Waals surface area (Å²) in [7, 11) is -7.06. The number of fused-ring (bicyclic) bond motifs is 1. The van der Waals surface area contributed by atoms with Gasteiger partial charge in [0.1, 0.15) is 0 Å². The van der Waals surface area contributed by atoms with Crippen LogP contribution in [0.3, 0.4) is 0 Å².